The first-order chi connectivity index (χ1) is 9.56. The maximum absolute atomic E-state index is 12.8. The predicted octanol–water partition coefficient (Wildman–Crippen LogP) is 2.17. The van der Waals surface area contributed by atoms with E-state index in [2.05, 4.69) is 4.90 Å². The zero-order chi connectivity index (χ0) is 14.5. The molecule has 0 aromatic heterocycles. The molecule has 1 aromatic rings. The third-order valence-corrected chi connectivity index (χ3v) is 3.81. The van der Waals surface area contributed by atoms with Crippen molar-refractivity contribution in [3.63, 3.8) is 0 Å². The molecule has 0 saturated carbocycles. The second kappa shape index (κ2) is 6.84. The second-order valence-electron chi connectivity index (χ2n) is 5.70. The highest BCUT2D eigenvalue weighted by atomic mass is 19.1. The van der Waals surface area contributed by atoms with Crippen molar-refractivity contribution in [3.05, 3.63) is 35.6 Å². The van der Waals surface area contributed by atoms with Gasteiger partial charge in [0.05, 0.1) is 0 Å². The van der Waals surface area contributed by atoms with E-state index in [1.807, 2.05) is 30.9 Å². The third-order valence-electron chi connectivity index (χ3n) is 3.81. The predicted molar refractivity (Wildman–Crippen MR) is 78.0 cm³/mol. The van der Waals surface area contributed by atoms with E-state index in [-0.39, 0.29) is 17.6 Å². The maximum Gasteiger partial charge on any atom is 0.225 e. The molecule has 1 aliphatic rings. The molecule has 1 fully saturated rings. The van der Waals surface area contributed by atoms with Crippen LogP contribution in [-0.2, 0) is 11.2 Å². The Kier molecular flexibility index (Phi) is 5.12. The van der Waals surface area contributed by atoms with Gasteiger partial charge < -0.3 is 4.90 Å². The largest absolute Gasteiger partial charge is 0.340 e. The summed E-state index contributed by atoms with van der Waals surface area (Å²) in [4.78, 5) is 16.2. The summed E-state index contributed by atoms with van der Waals surface area (Å²) in [5.41, 5.74) is 1.16. The Morgan fingerprint density at radius 2 is 1.75 bits per heavy atom. The van der Waals surface area contributed by atoms with E-state index in [4.69, 9.17) is 0 Å². The number of amides is 1. The number of carbonyl (C=O) groups excluding carboxylic acids is 1. The van der Waals surface area contributed by atoms with Crippen molar-refractivity contribution < 1.29 is 9.18 Å². The van der Waals surface area contributed by atoms with Crippen molar-refractivity contribution in [2.24, 2.45) is 5.92 Å². The quantitative estimate of drug-likeness (QED) is 0.842. The average molecular weight is 278 g/mol. The van der Waals surface area contributed by atoms with Gasteiger partial charge in [-0.2, -0.15) is 0 Å². The molecule has 0 unspecified atom stereocenters. The lowest BCUT2D eigenvalue weighted by Crippen LogP contribution is -2.50. The molecule has 0 N–H and O–H groups in total. The highest BCUT2D eigenvalue weighted by Crippen LogP contribution is 2.09. The lowest BCUT2D eigenvalue weighted by atomic mass is 10.1. The standard InChI is InChI=1S/C16H23FN2O/c1-13(2)16(20)19-11-9-18(10-12-19)8-7-14-3-5-15(17)6-4-14/h3-6,13H,7-12H2,1-2H3. The molecule has 4 heteroatoms. The molecular formula is C16H23FN2O. The molecule has 110 valence electrons. The summed E-state index contributed by atoms with van der Waals surface area (Å²) in [6, 6.07) is 6.70. The summed E-state index contributed by atoms with van der Waals surface area (Å²) < 4.78 is 12.8. The Morgan fingerprint density at radius 3 is 2.30 bits per heavy atom. The van der Waals surface area contributed by atoms with Gasteiger partial charge in [-0.15, -0.1) is 0 Å². The fraction of sp³-hybridized carbons (Fsp3) is 0.562. The highest BCUT2D eigenvalue weighted by Gasteiger charge is 2.22. The molecule has 1 heterocycles. The molecule has 1 amide bonds. The van der Waals surface area contributed by atoms with Gasteiger partial charge in [-0.05, 0) is 24.1 Å². The van der Waals surface area contributed by atoms with Crippen LogP contribution in [0.5, 0.6) is 0 Å². The van der Waals surface area contributed by atoms with Crippen LogP contribution in [0.15, 0.2) is 24.3 Å². The van der Waals surface area contributed by atoms with E-state index in [0.717, 1.165) is 44.7 Å². The molecule has 0 spiro atoms. The zero-order valence-electron chi connectivity index (χ0n) is 12.3. The minimum absolute atomic E-state index is 0.0840. The summed E-state index contributed by atoms with van der Waals surface area (Å²) >= 11 is 0. The molecule has 0 radical (unpaired) electrons. The van der Waals surface area contributed by atoms with Gasteiger partial charge in [0.15, 0.2) is 0 Å². The summed E-state index contributed by atoms with van der Waals surface area (Å²) in [7, 11) is 0. The van der Waals surface area contributed by atoms with Crippen LogP contribution in [0.1, 0.15) is 19.4 Å². The topological polar surface area (TPSA) is 23.6 Å². The lowest BCUT2D eigenvalue weighted by molar-refractivity contribution is -0.136. The summed E-state index contributed by atoms with van der Waals surface area (Å²) in [6.07, 6.45) is 0.929. The Bertz CT molecular complexity index is 436. The highest BCUT2D eigenvalue weighted by molar-refractivity contribution is 5.78. The van der Waals surface area contributed by atoms with Crippen LogP contribution in [0.25, 0.3) is 0 Å². The number of rotatable bonds is 4. The minimum atomic E-state index is -0.186. The monoisotopic (exact) mass is 278 g/mol. The number of hydrogen-bond acceptors (Lipinski definition) is 2. The lowest BCUT2D eigenvalue weighted by Gasteiger charge is -2.35. The molecular weight excluding hydrogens is 255 g/mol. The maximum atomic E-state index is 12.8. The van der Waals surface area contributed by atoms with Gasteiger partial charge in [-0.25, -0.2) is 4.39 Å². The normalized spacial score (nSPS) is 16.7. The number of hydrogen-bond donors (Lipinski definition) is 0. The van der Waals surface area contributed by atoms with Gasteiger partial charge in [-0.3, -0.25) is 9.69 Å². The van der Waals surface area contributed by atoms with Crippen molar-refractivity contribution in [2.75, 3.05) is 32.7 Å². The summed E-state index contributed by atoms with van der Waals surface area (Å²) in [6.45, 7) is 8.36. The van der Waals surface area contributed by atoms with E-state index in [1.54, 1.807) is 0 Å². The molecule has 1 saturated heterocycles. The second-order valence-corrected chi connectivity index (χ2v) is 5.70. The number of nitrogens with zero attached hydrogens (tertiary/aromatic N) is 2. The van der Waals surface area contributed by atoms with Crippen LogP contribution < -0.4 is 0 Å². The van der Waals surface area contributed by atoms with E-state index in [1.165, 1.54) is 12.1 Å². The van der Waals surface area contributed by atoms with Crippen molar-refractivity contribution in [3.8, 4) is 0 Å². The first kappa shape index (κ1) is 15.0. The zero-order valence-corrected chi connectivity index (χ0v) is 12.3. The van der Waals surface area contributed by atoms with Gasteiger partial charge in [0.25, 0.3) is 0 Å². The fourth-order valence-corrected chi connectivity index (χ4v) is 2.50. The number of halogens is 1. The minimum Gasteiger partial charge on any atom is -0.340 e. The van der Waals surface area contributed by atoms with Gasteiger partial charge in [0.1, 0.15) is 5.82 Å². The first-order valence-electron chi connectivity index (χ1n) is 7.32. The van der Waals surface area contributed by atoms with Crippen molar-refractivity contribution in [1.29, 1.82) is 0 Å². The van der Waals surface area contributed by atoms with Gasteiger partial charge in [-0.1, -0.05) is 26.0 Å². The molecule has 0 atom stereocenters. The number of benzene rings is 1. The van der Waals surface area contributed by atoms with E-state index < -0.39 is 0 Å². The Hall–Kier alpha value is -1.42. The molecule has 0 aliphatic carbocycles. The smallest absolute Gasteiger partial charge is 0.225 e. The molecule has 2 rings (SSSR count). The Morgan fingerprint density at radius 1 is 1.15 bits per heavy atom. The van der Waals surface area contributed by atoms with Crippen molar-refractivity contribution >= 4 is 5.91 Å². The van der Waals surface area contributed by atoms with E-state index >= 15 is 0 Å². The Labute approximate surface area is 120 Å². The molecule has 20 heavy (non-hydrogen) atoms. The van der Waals surface area contributed by atoms with Gasteiger partial charge in [0.2, 0.25) is 5.91 Å². The average Bonchev–Trinajstić information content (AvgIpc) is 2.46. The third kappa shape index (κ3) is 4.04. The van der Waals surface area contributed by atoms with Crippen LogP contribution in [0.4, 0.5) is 4.39 Å². The van der Waals surface area contributed by atoms with Crippen LogP contribution in [0.3, 0.4) is 0 Å². The van der Waals surface area contributed by atoms with Crippen LogP contribution >= 0.6 is 0 Å². The van der Waals surface area contributed by atoms with Crippen LogP contribution in [0.2, 0.25) is 0 Å². The van der Waals surface area contributed by atoms with E-state index in [0.29, 0.717) is 0 Å². The molecule has 1 aromatic carbocycles. The van der Waals surface area contributed by atoms with Crippen molar-refractivity contribution in [1.82, 2.24) is 9.80 Å². The fourth-order valence-electron chi connectivity index (χ4n) is 2.50. The summed E-state index contributed by atoms with van der Waals surface area (Å²) in [5, 5.41) is 0. The number of piperazine rings is 1. The van der Waals surface area contributed by atoms with Crippen LogP contribution in [0, 0.1) is 11.7 Å². The van der Waals surface area contributed by atoms with Gasteiger partial charge >= 0.3 is 0 Å². The number of carbonyl (C=O) groups is 1. The van der Waals surface area contributed by atoms with E-state index in [9.17, 15) is 9.18 Å². The molecule has 1 aliphatic heterocycles. The Balaban J connectivity index is 1.74. The first-order valence-corrected chi connectivity index (χ1v) is 7.32. The van der Waals surface area contributed by atoms with Gasteiger partial charge in [0, 0.05) is 38.6 Å². The van der Waals surface area contributed by atoms with Crippen molar-refractivity contribution in [2.45, 2.75) is 20.3 Å². The molecule has 0 bridgehead atoms. The SMILES string of the molecule is CC(C)C(=O)N1CCN(CCc2ccc(F)cc2)CC1. The summed E-state index contributed by atoms with van der Waals surface area (Å²) in [5.74, 6) is 0.151. The molecule has 3 nitrogen and oxygen atoms in total. The van der Waals surface area contributed by atoms with Crippen LogP contribution in [-0.4, -0.2) is 48.4 Å².